The molecule has 2 amide bonds. The maximum Gasteiger partial charge on any atom is 0.244 e. The highest BCUT2D eigenvalue weighted by molar-refractivity contribution is 7.92. The van der Waals surface area contributed by atoms with Gasteiger partial charge in [0, 0.05) is 22.6 Å². The third-order valence-electron chi connectivity index (χ3n) is 6.58. The summed E-state index contributed by atoms with van der Waals surface area (Å²) in [6.07, 6.45) is 5.98. The number of rotatable bonds is 10. The number of amides is 2. The van der Waals surface area contributed by atoms with E-state index in [9.17, 15) is 18.0 Å². The SMILES string of the molecule is COc1ccc(N(CC(=O)N(Cc2ccc(Cl)cc2Cl)C(C)C(=O)NC2CCCCC2)S(C)(=O)=O)cc1Cl. The summed E-state index contributed by atoms with van der Waals surface area (Å²) >= 11 is 18.6. The van der Waals surface area contributed by atoms with Gasteiger partial charge in [0.25, 0.3) is 0 Å². The highest BCUT2D eigenvalue weighted by Gasteiger charge is 2.31. The maximum absolute atomic E-state index is 13.7. The first-order valence-electron chi connectivity index (χ1n) is 12.3. The molecule has 0 saturated heterocycles. The van der Waals surface area contributed by atoms with Gasteiger partial charge in [-0.3, -0.25) is 13.9 Å². The lowest BCUT2D eigenvalue weighted by Gasteiger charge is -2.33. The second-order valence-electron chi connectivity index (χ2n) is 9.37. The first-order chi connectivity index (χ1) is 17.9. The number of carbonyl (C=O) groups excluding carboxylic acids is 2. The monoisotopic (exact) mass is 603 g/mol. The molecule has 1 unspecified atom stereocenters. The molecule has 0 heterocycles. The van der Waals surface area contributed by atoms with Gasteiger partial charge in [-0.2, -0.15) is 0 Å². The number of benzene rings is 2. The molecule has 0 spiro atoms. The zero-order valence-electron chi connectivity index (χ0n) is 21.5. The van der Waals surface area contributed by atoms with Crippen LogP contribution in [0.2, 0.25) is 15.1 Å². The molecule has 1 atom stereocenters. The minimum atomic E-state index is -3.90. The number of ether oxygens (including phenoxy) is 1. The van der Waals surface area contributed by atoms with Gasteiger partial charge in [-0.05, 0) is 55.7 Å². The molecule has 12 heteroatoms. The summed E-state index contributed by atoms with van der Waals surface area (Å²) in [5.74, 6) is -0.532. The summed E-state index contributed by atoms with van der Waals surface area (Å²) in [4.78, 5) is 28.3. The van der Waals surface area contributed by atoms with Crippen molar-refractivity contribution in [1.29, 1.82) is 0 Å². The Morgan fingerprint density at radius 1 is 1.05 bits per heavy atom. The molecule has 0 aromatic heterocycles. The molecular weight excluding hydrogens is 573 g/mol. The molecule has 38 heavy (non-hydrogen) atoms. The number of anilines is 1. The van der Waals surface area contributed by atoms with E-state index in [1.807, 2.05) is 0 Å². The Bertz CT molecular complexity index is 1270. The van der Waals surface area contributed by atoms with Gasteiger partial charge in [0.2, 0.25) is 21.8 Å². The van der Waals surface area contributed by atoms with Crippen LogP contribution in [0.1, 0.15) is 44.6 Å². The Hall–Kier alpha value is -2.20. The number of methoxy groups -OCH3 is 1. The van der Waals surface area contributed by atoms with Crippen molar-refractivity contribution in [3.05, 3.63) is 57.0 Å². The fraction of sp³-hybridized carbons (Fsp3) is 0.462. The lowest BCUT2D eigenvalue weighted by molar-refractivity contribution is -0.139. The second kappa shape index (κ2) is 13.2. The average Bonchev–Trinajstić information content (AvgIpc) is 2.86. The Kier molecular flexibility index (Phi) is 10.6. The van der Waals surface area contributed by atoms with Gasteiger partial charge >= 0.3 is 0 Å². The van der Waals surface area contributed by atoms with E-state index >= 15 is 0 Å². The molecule has 1 aliphatic carbocycles. The number of hydrogen-bond donors (Lipinski definition) is 1. The third-order valence-corrected chi connectivity index (χ3v) is 8.60. The Morgan fingerprint density at radius 2 is 1.74 bits per heavy atom. The van der Waals surface area contributed by atoms with Crippen LogP contribution in [-0.4, -0.2) is 57.1 Å². The normalized spacial score (nSPS) is 15.0. The van der Waals surface area contributed by atoms with Crippen molar-refractivity contribution < 1.29 is 22.7 Å². The lowest BCUT2D eigenvalue weighted by Crippen LogP contribution is -2.53. The summed E-state index contributed by atoms with van der Waals surface area (Å²) in [6, 6.07) is 8.45. The molecule has 1 aliphatic rings. The minimum Gasteiger partial charge on any atom is -0.495 e. The van der Waals surface area contributed by atoms with E-state index in [4.69, 9.17) is 39.5 Å². The highest BCUT2D eigenvalue weighted by Crippen LogP contribution is 2.31. The summed E-state index contributed by atoms with van der Waals surface area (Å²) in [6.45, 7) is 1.05. The fourth-order valence-corrected chi connectivity index (χ4v) is 5.97. The number of carbonyl (C=O) groups is 2. The maximum atomic E-state index is 13.7. The van der Waals surface area contributed by atoms with Crippen LogP contribution in [0.25, 0.3) is 0 Å². The van der Waals surface area contributed by atoms with Crippen molar-refractivity contribution in [2.45, 2.75) is 57.7 Å². The molecule has 0 radical (unpaired) electrons. The van der Waals surface area contributed by atoms with Crippen molar-refractivity contribution in [2.24, 2.45) is 0 Å². The van der Waals surface area contributed by atoms with Crippen LogP contribution in [-0.2, 0) is 26.2 Å². The van der Waals surface area contributed by atoms with E-state index in [1.54, 1.807) is 25.1 Å². The van der Waals surface area contributed by atoms with E-state index in [-0.39, 0.29) is 29.2 Å². The van der Waals surface area contributed by atoms with Crippen molar-refractivity contribution in [1.82, 2.24) is 10.2 Å². The van der Waals surface area contributed by atoms with Crippen molar-refractivity contribution in [2.75, 3.05) is 24.2 Å². The number of nitrogens with zero attached hydrogens (tertiary/aromatic N) is 2. The van der Waals surface area contributed by atoms with Gasteiger partial charge in [-0.25, -0.2) is 8.42 Å². The summed E-state index contributed by atoms with van der Waals surface area (Å²) in [7, 11) is -2.45. The van der Waals surface area contributed by atoms with Gasteiger partial charge in [-0.15, -0.1) is 0 Å². The molecule has 0 aliphatic heterocycles. The van der Waals surface area contributed by atoms with Crippen LogP contribution < -0.4 is 14.4 Å². The summed E-state index contributed by atoms with van der Waals surface area (Å²) in [5, 5.41) is 4.00. The van der Waals surface area contributed by atoms with Crippen LogP contribution in [0.5, 0.6) is 5.75 Å². The van der Waals surface area contributed by atoms with Crippen molar-refractivity contribution in [3.63, 3.8) is 0 Å². The minimum absolute atomic E-state index is 0.0188. The highest BCUT2D eigenvalue weighted by atomic mass is 35.5. The van der Waals surface area contributed by atoms with Gasteiger partial charge in [0.15, 0.2) is 0 Å². The molecule has 0 bridgehead atoms. The summed E-state index contributed by atoms with van der Waals surface area (Å²) in [5.41, 5.74) is 0.760. The van der Waals surface area contributed by atoms with Crippen molar-refractivity contribution >= 4 is 62.3 Å². The van der Waals surface area contributed by atoms with Crippen LogP contribution in [0.3, 0.4) is 0 Å². The molecule has 8 nitrogen and oxygen atoms in total. The molecule has 1 N–H and O–H groups in total. The van der Waals surface area contributed by atoms with Crippen LogP contribution in [0.4, 0.5) is 5.69 Å². The molecule has 2 aromatic carbocycles. The third kappa shape index (κ3) is 7.91. The van der Waals surface area contributed by atoms with E-state index < -0.39 is 28.5 Å². The Labute approximate surface area is 239 Å². The number of hydrogen-bond acceptors (Lipinski definition) is 5. The van der Waals surface area contributed by atoms with Gasteiger partial charge < -0.3 is 15.0 Å². The predicted molar refractivity (Wildman–Crippen MR) is 152 cm³/mol. The largest absolute Gasteiger partial charge is 0.495 e. The fourth-order valence-electron chi connectivity index (χ4n) is 4.41. The molecule has 3 rings (SSSR count). The first-order valence-corrected chi connectivity index (χ1v) is 15.2. The molecule has 1 fully saturated rings. The average molecular weight is 605 g/mol. The van der Waals surface area contributed by atoms with Crippen LogP contribution in [0.15, 0.2) is 36.4 Å². The molecule has 208 valence electrons. The predicted octanol–water partition coefficient (Wildman–Crippen LogP) is 5.29. The standard InChI is InChI=1S/C26H32Cl3N3O5S/c1-17(26(34)30-20-7-5-4-6-8-20)31(15-18-9-10-19(27)13-22(18)28)25(33)16-32(38(3,35)36)21-11-12-24(37-2)23(29)14-21/h9-14,17,20H,4-8,15-16H2,1-3H3,(H,30,34). The molecular formula is C26H32Cl3N3O5S. The van der Waals surface area contributed by atoms with Crippen LogP contribution >= 0.6 is 34.8 Å². The second-order valence-corrected chi connectivity index (χ2v) is 12.5. The topological polar surface area (TPSA) is 96.0 Å². The van der Waals surface area contributed by atoms with Crippen molar-refractivity contribution in [3.8, 4) is 5.75 Å². The lowest BCUT2D eigenvalue weighted by atomic mass is 9.95. The first kappa shape index (κ1) is 30.3. The number of halogens is 3. The van der Waals surface area contributed by atoms with E-state index in [0.29, 0.717) is 21.4 Å². The zero-order valence-corrected chi connectivity index (χ0v) is 24.6. The number of sulfonamides is 1. The molecule has 1 saturated carbocycles. The smallest absolute Gasteiger partial charge is 0.244 e. The van der Waals surface area contributed by atoms with E-state index in [0.717, 1.165) is 42.7 Å². The van der Waals surface area contributed by atoms with Gasteiger partial charge in [0.05, 0.1) is 24.1 Å². The van der Waals surface area contributed by atoms with Crippen LogP contribution in [0, 0.1) is 0 Å². The molecule has 2 aromatic rings. The van der Waals surface area contributed by atoms with E-state index in [2.05, 4.69) is 5.32 Å². The summed E-state index contributed by atoms with van der Waals surface area (Å²) < 4.78 is 31.6. The Morgan fingerprint density at radius 3 is 2.32 bits per heavy atom. The van der Waals surface area contributed by atoms with Gasteiger partial charge in [0.1, 0.15) is 18.3 Å². The number of nitrogens with one attached hydrogen (secondary N) is 1. The van der Waals surface area contributed by atoms with Gasteiger partial charge in [-0.1, -0.05) is 60.1 Å². The quantitative estimate of drug-likeness (QED) is 0.398. The zero-order chi connectivity index (χ0) is 28.0. The Balaban J connectivity index is 1.91. The van der Waals surface area contributed by atoms with E-state index in [1.165, 1.54) is 30.2 Å².